The summed E-state index contributed by atoms with van der Waals surface area (Å²) in [7, 11) is 1.00. The highest BCUT2D eigenvalue weighted by Crippen LogP contribution is 2.18. The summed E-state index contributed by atoms with van der Waals surface area (Å²) >= 11 is 8.73. The molecular weight excluding hydrogens is 576 g/mol. The zero-order chi connectivity index (χ0) is 31.4. The predicted molar refractivity (Wildman–Crippen MR) is 179 cm³/mol. The molecule has 0 aromatic rings. The quantitative estimate of drug-likeness (QED) is 0.150. The first-order chi connectivity index (χ1) is 17.5. The van der Waals surface area contributed by atoms with Gasteiger partial charge in [0.1, 0.15) is 11.6 Å². The normalized spacial score (nSPS) is 13.3. The molecule has 5 atom stereocenters. The van der Waals surface area contributed by atoms with Crippen LogP contribution in [0.5, 0.6) is 0 Å². The fourth-order valence-electron chi connectivity index (χ4n) is 2.29. The second-order valence-electron chi connectivity index (χ2n) is 8.96. The maximum atomic E-state index is 11.4. The van der Waals surface area contributed by atoms with E-state index in [1.807, 2.05) is 62.3 Å². The second-order valence-corrected chi connectivity index (χ2v) is 12.1. The van der Waals surface area contributed by atoms with Crippen LogP contribution in [0.15, 0.2) is 12.2 Å². The lowest BCUT2D eigenvalue weighted by atomic mass is 10.0. The Labute approximate surface area is 260 Å². The van der Waals surface area contributed by atoms with Gasteiger partial charge in [0, 0.05) is 62.1 Å². The number of carbonyl (C=O) groups excluding carboxylic acids is 5. The van der Waals surface area contributed by atoms with Gasteiger partial charge >= 0.3 is 0 Å². The van der Waals surface area contributed by atoms with E-state index in [9.17, 15) is 24.0 Å². The molecule has 0 heterocycles. The largest absolute Gasteiger partial charge is 0.400 e. The van der Waals surface area contributed by atoms with E-state index in [1.165, 1.54) is 25.6 Å². The smallest absolute Gasteiger partial charge is 0.186 e. The first-order valence-electron chi connectivity index (χ1n) is 13.2. The number of ketones is 3. The summed E-state index contributed by atoms with van der Waals surface area (Å²) in [6.45, 7) is 20.6. The summed E-state index contributed by atoms with van der Waals surface area (Å²) < 4.78 is 0. The minimum atomic E-state index is -0.139. The molecule has 0 aromatic carbocycles. The number of rotatable bonds is 12. The monoisotopic (exact) mass is 632 g/mol. The van der Waals surface area contributed by atoms with Crippen molar-refractivity contribution in [1.82, 2.24) is 0 Å². The van der Waals surface area contributed by atoms with Crippen molar-refractivity contribution in [2.24, 2.45) is 17.8 Å². The molecule has 0 aliphatic carbocycles. The van der Waals surface area contributed by atoms with Gasteiger partial charge in [0.15, 0.2) is 16.0 Å². The second kappa shape index (κ2) is 35.4. The Morgan fingerprint density at radius 3 is 1.36 bits per heavy atom. The van der Waals surface area contributed by atoms with Gasteiger partial charge in [-0.2, -0.15) is 12.6 Å². The number of aliphatic hydroxyl groups excluding tert-OH is 1. The fraction of sp³-hybridized carbons (Fsp3) is 0.759. The van der Waals surface area contributed by atoms with E-state index in [0.717, 1.165) is 26.4 Å². The van der Waals surface area contributed by atoms with Crippen molar-refractivity contribution in [3.63, 3.8) is 0 Å². The van der Waals surface area contributed by atoms with E-state index in [2.05, 4.69) is 25.3 Å². The Morgan fingerprint density at radius 1 is 0.769 bits per heavy atom. The summed E-state index contributed by atoms with van der Waals surface area (Å²) in [6, 6.07) is 0. The SMILES string of the molecule is C/C=C/C(=O)C(C)CC.CC(=O)S.CCC(C)C(=O)CC(C)S.CCC(C)C(=O)CC(C)SC(C)=O.CO.Cl. The molecule has 0 rings (SSSR count). The van der Waals surface area contributed by atoms with Crippen LogP contribution in [0, 0.1) is 17.8 Å². The lowest BCUT2D eigenvalue weighted by Crippen LogP contribution is -2.15. The van der Waals surface area contributed by atoms with Gasteiger partial charge in [-0.1, -0.05) is 73.2 Å². The molecule has 0 fully saturated rings. The van der Waals surface area contributed by atoms with Crippen LogP contribution in [0.3, 0.4) is 0 Å². The highest BCUT2D eigenvalue weighted by atomic mass is 35.5. The topological polar surface area (TPSA) is 106 Å². The summed E-state index contributed by atoms with van der Waals surface area (Å²) in [5, 5.41) is 7.28. The van der Waals surface area contributed by atoms with Crippen molar-refractivity contribution in [1.29, 1.82) is 0 Å². The number of carbonyl (C=O) groups is 5. The van der Waals surface area contributed by atoms with Crippen LogP contribution in [-0.2, 0) is 24.0 Å². The third-order valence-corrected chi connectivity index (χ3v) is 6.19. The number of thioether (sulfide) groups is 1. The van der Waals surface area contributed by atoms with Crippen LogP contribution < -0.4 is 0 Å². The van der Waals surface area contributed by atoms with Crippen LogP contribution in [0.4, 0.5) is 0 Å². The van der Waals surface area contributed by atoms with E-state index in [1.54, 1.807) is 12.2 Å². The van der Waals surface area contributed by atoms with Gasteiger partial charge in [-0.15, -0.1) is 25.0 Å². The number of halogens is 1. The van der Waals surface area contributed by atoms with Crippen LogP contribution in [-0.4, -0.2) is 50.3 Å². The van der Waals surface area contributed by atoms with Crippen LogP contribution in [0.1, 0.15) is 108 Å². The Kier molecular flexibility index (Phi) is 46.5. The first-order valence-corrected chi connectivity index (χ1v) is 15.1. The van der Waals surface area contributed by atoms with E-state index >= 15 is 0 Å². The average molecular weight is 633 g/mol. The minimum Gasteiger partial charge on any atom is -0.400 e. The third-order valence-electron chi connectivity index (χ3n) is 5.11. The Morgan fingerprint density at radius 2 is 1.10 bits per heavy atom. The maximum Gasteiger partial charge on any atom is 0.186 e. The first kappa shape index (κ1) is 51.2. The van der Waals surface area contributed by atoms with Gasteiger partial charge in [-0.25, -0.2) is 0 Å². The van der Waals surface area contributed by atoms with E-state index in [-0.39, 0.29) is 62.5 Å². The molecule has 0 radical (unpaired) electrons. The van der Waals surface area contributed by atoms with Crippen molar-refractivity contribution in [2.45, 2.75) is 119 Å². The van der Waals surface area contributed by atoms with Gasteiger partial charge in [-0.05, 0) is 32.3 Å². The van der Waals surface area contributed by atoms with Gasteiger partial charge in [0.25, 0.3) is 0 Å². The van der Waals surface area contributed by atoms with Crippen molar-refractivity contribution in [3.05, 3.63) is 12.2 Å². The van der Waals surface area contributed by atoms with Crippen LogP contribution >= 0.6 is 49.4 Å². The van der Waals surface area contributed by atoms with Crippen molar-refractivity contribution < 1.29 is 29.1 Å². The van der Waals surface area contributed by atoms with Gasteiger partial charge in [0.05, 0.1) is 0 Å². The zero-order valence-electron chi connectivity index (χ0n) is 26.3. The van der Waals surface area contributed by atoms with Crippen molar-refractivity contribution >= 4 is 77.0 Å². The molecule has 5 unspecified atom stereocenters. The Bertz CT molecular complexity index is 665. The molecule has 6 nitrogen and oxygen atoms in total. The van der Waals surface area contributed by atoms with Gasteiger partial charge in [-0.3, -0.25) is 24.0 Å². The minimum absolute atomic E-state index is 0. The summed E-state index contributed by atoms with van der Waals surface area (Å²) in [5.74, 6) is 1.39. The number of hydrogen-bond donors (Lipinski definition) is 3. The Balaban J connectivity index is -0.0000000950. The predicted octanol–water partition coefficient (Wildman–Crippen LogP) is 7.64. The molecule has 234 valence electrons. The molecule has 0 saturated carbocycles. The summed E-state index contributed by atoms with van der Waals surface area (Å²) in [6.07, 6.45) is 7.30. The van der Waals surface area contributed by atoms with Crippen LogP contribution in [0.2, 0.25) is 0 Å². The summed E-state index contributed by atoms with van der Waals surface area (Å²) in [5.41, 5.74) is 0. The highest BCUT2D eigenvalue weighted by Gasteiger charge is 2.16. The van der Waals surface area contributed by atoms with Crippen LogP contribution in [0.25, 0.3) is 0 Å². The number of Topliss-reactive ketones (excluding diaryl/α,β-unsaturated/α-hetero) is 2. The molecule has 0 aliphatic heterocycles. The third kappa shape index (κ3) is 44.6. The molecule has 0 spiro atoms. The molecule has 0 saturated heterocycles. The summed E-state index contributed by atoms with van der Waals surface area (Å²) in [4.78, 5) is 53.5. The van der Waals surface area contributed by atoms with E-state index in [4.69, 9.17) is 5.11 Å². The molecule has 10 heteroatoms. The molecule has 0 bridgehead atoms. The Hall–Kier alpha value is -0.610. The molecule has 1 N–H and O–H groups in total. The molecular formula is C29H57ClO6S3. The fourth-order valence-corrected chi connectivity index (χ4v) is 3.28. The average Bonchev–Trinajstić information content (AvgIpc) is 2.83. The lowest BCUT2D eigenvalue weighted by Gasteiger charge is -2.11. The lowest BCUT2D eigenvalue weighted by molar-refractivity contribution is -0.123. The maximum absolute atomic E-state index is 11.4. The number of thiol groups is 2. The van der Waals surface area contributed by atoms with Gasteiger partial charge in [0.2, 0.25) is 0 Å². The number of hydrogen-bond acceptors (Lipinski definition) is 8. The molecule has 0 aliphatic rings. The molecule has 0 aromatic heterocycles. The van der Waals surface area contributed by atoms with Crippen molar-refractivity contribution in [3.8, 4) is 0 Å². The standard InChI is InChI=1S/C10H18O2S.C8H16OS.C8H14O.C2H4OS.CH4O.ClH/c1-5-7(2)10(12)6-8(3)13-9(4)11;1-4-6(2)8(9)5-7(3)10;1-4-6-8(9)7(3)5-2;1-2(3)4;1-2;/h7-8H,5-6H2,1-4H3;6-7,10H,4-5H2,1-3H3;4,6-7H,5H2,1-3H3;1H3,(H,3,4);2H,1H3;1H/b;;6-4+;;;. The number of allylic oxidation sites excluding steroid dienone is 2. The zero-order valence-corrected chi connectivity index (χ0v) is 29.7. The number of aliphatic hydroxyl groups is 1. The van der Waals surface area contributed by atoms with E-state index < -0.39 is 0 Å². The van der Waals surface area contributed by atoms with E-state index in [0.29, 0.717) is 18.6 Å². The molecule has 0 amide bonds. The highest BCUT2D eigenvalue weighted by molar-refractivity contribution is 8.14. The molecule has 39 heavy (non-hydrogen) atoms. The van der Waals surface area contributed by atoms with Crippen molar-refractivity contribution in [2.75, 3.05) is 7.11 Å². The van der Waals surface area contributed by atoms with Gasteiger partial charge < -0.3 is 5.11 Å².